The fourth-order valence-electron chi connectivity index (χ4n) is 2.50. The zero-order valence-corrected chi connectivity index (χ0v) is 15.2. The lowest BCUT2D eigenvalue weighted by atomic mass is 10.1. The average molecular weight is 358 g/mol. The number of aromatic nitrogens is 1. The van der Waals surface area contributed by atoms with Crippen molar-refractivity contribution in [2.75, 3.05) is 17.2 Å². The minimum absolute atomic E-state index is 0.0299. The monoisotopic (exact) mass is 358 g/mol. The summed E-state index contributed by atoms with van der Waals surface area (Å²) < 4.78 is 0. The van der Waals surface area contributed by atoms with Crippen LogP contribution in [0.3, 0.4) is 0 Å². The molecule has 2 N–H and O–H groups in total. The van der Waals surface area contributed by atoms with Gasteiger partial charge in [0, 0.05) is 17.1 Å². The molecule has 0 bridgehead atoms. The maximum atomic E-state index is 12.6. The van der Waals surface area contributed by atoms with E-state index in [0.29, 0.717) is 5.13 Å². The van der Waals surface area contributed by atoms with E-state index in [1.165, 1.54) is 16.9 Å². The van der Waals surface area contributed by atoms with Gasteiger partial charge in [0.1, 0.15) is 6.54 Å². The normalized spacial score (nSPS) is 13.4. The predicted molar refractivity (Wildman–Crippen MR) is 100 cm³/mol. The summed E-state index contributed by atoms with van der Waals surface area (Å²) in [5.74, 6) is -0.224. The number of urea groups is 1. The average Bonchev–Trinajstić information content (AvgIpc) is 3.36. The van der Waals surface area contributed by atoms with E-state index in [1.807, 2.05) is 36.6 Å². The first-order valence-electron chi connectivity index (χ1n) is 8.43. The molecule has 6 nitrogen and oxygen atoms in total. The third kappa shape index (κ3) is 4.79. The first-order valence-corrected chi connectivity index (χ1v) is 9.31. The molecule has 1 aliphatic carbocycles. The summed E-state index contributed by atoms with van der Waals surface area (Å²) in [5.41, 5.74) is 2.83. The number of hydrogen-bond acceptors (Lipinski definition) is 4. The second-order valence-corrected chi connectivity index (χ2v) is 7.04. The van der Waals surface area contributed by atoms with Gasteiger partial charge < -0.3 is 15.5 Å². The van der Waals surface area contributed by atoms with Crippen molar-refractivity contribution >= 4 is 34.1 Å². The zero-order valence-electron chi connectivity index (χ0n) is 14.4. The molecule has 0 atom stereocenters. The van der Waals surface area contributed by atoms with Crippen LogP contribution in [0.1, 0.15) is 31.0 Å². The van der Waals surface area contributed by atoms with Gasteiger partial charge in [0.2, 0.25) is 5.91 Å². The van der Waals surface area contributed by atoms with E-state index in [1.54, 1.807) is 4.90 Å². The van der Waals surface area contributed by atoms with E-state index >= 15 is 0 Å². The first-order chi connectivity index (χ1) is 12.0. The van der Waals surface area contributed by atoms with Crippen molar-refractivity contribution in [3.63, 3.8) is 0 Å². The van der Waals surface area contributed by atoms with Crippen molar-refractivity contribution in [2.24, 2.45) is 0 Å². The third-order valence-electron chi connectivity index (χ3n) is 4.04. The van der Waals surface area contributed by atoms with E-state index in [9.17, 15) is 9.59 Å². The molecule has 0 aliphatic heterocycles. The number of carbonyl (C=O) groups is 2. The molecule has 1 aliphatic rings. The maximum absolute atomic E-state index is 12.6. The summed E-state index contributed by atoms with van der Waals surface area (Å²) in [4.78, 5) is 30.6. The smallest absolute Gasteiger partial charge is 0.312 e. The van der Waals surface area contributed by atoms with Gasteiger partial charge in [-0.25, -0.2) is 9.78 Å². The molecule has 1 aromatic carbocycles. The van der Waals surface area contributed by atoms with Crippen LogP contribution in [0.15, 0.2) is 29.6 Å². The first kappa shape index (κ1) is 17.4. The van der Waals surface area contributed by atoms with Crippen LogP contribution in [-0.4, -0.2) is 34.4 Å². The van der Waals surface area contributed by atoms with Crippen LogP contribution < -0.4 is 10.6 Å². The molecule has 0 saturated heterocycles. The summed E-state index contributed by atoms with van der Waals surface area (Å²) in [6.45, 7) is 3.99. The Morgan fingerprint density at radius 2 is 1.96 bits per heavy atom. The van der Waals surface area contributed by atoms with E-state index < -0.39 is 0 Å². The number of carbonyl (C=O) groups excluding carboxylic acids is 2. The number of anilines is 2. The SMILES string of the molecule is CCc1ccc(NC(=O)N(CC(=O)Nc2nc(C)cs2)C2CC2)cc1. The van der Waals surface area contributed by atoms with E-state index in [2.05, 4.69) is 22.5 Å². The van der Waals surface area contributed by atoms with Crippen LogP contribution in [0.2, 0.25) is 0 Å². The number of hydrogen-bond donors (Lipinski definition) is 2. The summed E-state index contributed by atoms with van der Waals surface area (Å²) >= 11 is 1.38. The molecule has 132 valence electrons. The number of nitrogens with one attached hydrogen (secondary N) is 2. The van der Waals surface area contributed by atoms with Crippen LogP contribution in [0.4, 0.5) is 15.6 Å². The van der Waals surface area contributed by atoms with Crippen LogP contribution in [0.25, 0.3) is 0 Å². The lowest BCUT2D eigenvalue weighted by Crippen LogP contribution is -2.42. The van der Waals surface area contributed by atoms with Gasteiger partial charge in [0.15, 0.2) is 5.13 Å². The minimum Gasteiger partial charge on any atom is -0.312 e. The van der Waals surface area contributed by atoms with Crippen molar-refractivity contribution in [3.8, 4) is 0 Å². The molecule has 3 rings (SSSR count). The Bertz CT molecular complexity index is 753. The van der Waals surface area contributed by atoms with Crippen LogP contribution >= 0.6 is 11.3 Å². The lowest BCUT2D eigenvalue weighted by Gasteiger charge is -2.22. The highest BCUT2D eigenvalue weighted by Crippen LogP contribution is 2.27. The van der Waals surface area contributed by atoms with Crippen LogP contribution in [0.5, 0.6) is 0 Å². The van der Waals surface area contributed by atoms with Gasteiger partial charge in [-0.15, -0.1) is 11.3 Å². The fraction of sp³-hybridized carbons (Fsp3) is 0.389. The number of nitrogens with zero attached hydrogens (tertiary/aromatic N) is 2. The highest BCUT2D eigenvalue weighted by molar-refractivity contribution is 7.13. The Labute approximate surface area is 151 Å². The Balaban J connectivity index is 1.59. The van der Waals surface area contributed by atoms with Gasteiger partial charge in [-0.1, -0.05) is 19.1 Å². The highest BCUT2D eigenvalue weighted by atomic mass is 32.1. The molecule has 3 amide bonds. The van der Waals surface area contributed by atoms with E-state index in [-0.39, 0.29) is 24.5 Å². The van der Waals surface area contributed by atoms with Crippen molar-refractivity contribution in [1.29, 1.82) is 0 Å². The molecular formula is C18H22N4O2S. The van der Waals surface area contributed by atoms with Crippen molar-refractivity contribution in [1.82, 2.24) is 9.88 Å². The predicted octanol–water partition coefficient (Wildman–Crippen LogP) is 3.65. The lowest BCUT2D eigenvalue weighted by molar-refractivity contribution is -0.116. The van der Waals surface area contributed by atoms with Gasteiger partial charge in [-0.05, 0) is 43.9 Å². The van der Waals surface area contributed by atoms with Gasteiger partial charge in [0.25, 0.3) is 0 Å². The Morgan fingerprint density at radius 1 is 1.24 bits per heavy atom. The fourth-order valence-corrected chi connectivity index (χ4v) is 3.20. The molecule has 25 heavy (non-hydrogen) atoms. The molecule has 2 aromatic rings. The number of aryl methyl sites for hydroxylation is 2. The molecule has 0 radical (unpaired) electrons. The van der Waals surface area contributed by atoms with Crippen molar-refractivity contribution < 1.29 is 9.59 Å². The third-order valence-corrected chi connectivity index (χ3v) is 4.92. The van der Waals surface area contributed by atoms with Gasteiger partial charge in [0.05, 0.1) is 5.69 Å². The quantitative estimate of drug-likeness (QED) is 0.828. The van der Waals surface area contributed by atoms with E-state index in [4.69, 9.17) is 0 Å². The summed E-state index contributed by atoms with van der Waals surface area (Å²) in [6.07, 6.45) is 2.83. The Hall–Kier alpha value is -2.41. The highest BCUT2D eigenvalue weighted by Gasteiger charge is 2.34. The summed E-state index contributed by atoms with van der Waals surface area (Å²) in [6, 6.07) is 7.67. The molecule has 1 heterocycles. The van der Waals surface area contributed by atoms with Crippen LogP contribution in [0, 0.1) is 6.92 Å². The second kappa shape index (κ2) is 7.65. The van der Waals surface area contributed by atoms with Crippen LogP contribution in [-0.2, 0) is 11.2 Å². The summed E-state index contributed by atoms with van der Waals surface area (Å²) in [5, 5.41) is 8.08. The maximum Gasteiger partial charge on any atom is 0.322 e. The molecular weight excluding hydrogens is 336 g/mol. The standard InChI is InChI=1S/C18H22N4O2S/c1-3-13-4-6-14(7-5-13)20-18(24)22(15-8-9-15)10-16(23)21-17-19-12(2)11-25-17/h4-7,11,15H,3,8-10H2,1-2H3,(H,20,24)(H,19,21,23). The second-order valence-electron chi connectivity index (χ2n) is 6.18. The van der Waals surface area contributed by atoms with Crippen molar-refractivity contribution in [3.05, 3.63) is 40.9 Å². The molecule has 1 saturated carbocycles. The molecule has 1 fully saturated rings. The topological polar surface area (TPSA) is 74.3 Å². The van der Waals surface area contributed by atoms with E-state index in [0.717, 1.165) is 30.6 Å². The Kier molecular flexibility index (Phi) is 5.33. The number of benzene rings is 1. The minimum atomic E-state index is -0.239. The number of rotatable bonds is 6. The molecule has 7 heteroatoms. The van der Waals surface area contributed by atoms with Crippen molar-refractivity contribution in [2.45, 2.75) is 39.2 Å². The molecule has 0 unspecified atom stereocenters. The summed E-state index contributed by atoms with van der Waals surface area (Å²) in [7, 11) is 0. The van der Waals surface area contributed by atoms with Gasteiger partial charge >= 0.3 is 6.03 Å². The Morgan fingerprint density at radius 3 is 2.52 bits per heavy atom. The van der Waals surface area contributed by atoms with Gasteiger partial charge in [-0.3, -0.25) is 4.79 Å². The number of amides is 3. The molecule has 0 spiro atoms. The van der Waals surface area contributed by atoms with Gasteiger partial charge in [-0.2, -0.15) is 0 Å². The zero-order chi connectivity index (χ0) is 17.8. The number of thiazole rings is 1. The molecule has 1 aromatic heterocycles. The largest absolute Gasteiger partial charge is 0.322 e.